The van der Waals surface area contributed by atoms with Crippen molar-refractivity contribution in [1.82, 2.24) is 14.5 Å². The molecule has 196 valence electrons. The van der Waals surface area contributed by atoms with E-state index in [1.165, 1.54) is 0 Å². The Morgan fingerprint density at radius 3 is 1.65 bits per heavy atom. The van der Waals surface area contributed by atoms with E-state index < -0.39 is 11.1 Å². The topological polar surface area (TPSA) is 50.9 Å². The molecule has 6 rings (SSSR count). The second-order valence-electron chi connectivity index (χ2n) is 10.2. The summed E-state index contributed by atoms with van der Waals surface area (Å²) >= 11 is 0. The van der Waals surface area contributed by atoms with Crippen LogP contribution in [0.25, 0.3) is 0 Å². The fraction of sp³-hybridized carbons (Fsp3) is 0.111. The lowest BCUT2D eigenvalue weighted by Crippen LogP contribution is -2.43. The monoisotopic (exact) mass is 521 g/mol. The van der Waals surface area contributed by atoms with Gasteiger partial charge in [-0.3, -0.25) is 4.98 Å². The highest BCUT2D eigenvalue weighted by Crippen LogP contribution is 2.46. The summed E-state index contributed by atoms with van der Waals surface area (Å²) in [5.74, 6) is 0. The van der Waals surface area contributed by atoms with Crippen LogP contribution in [0.4, 0.5) is 0 Å². The first-order chi connectivity index (χ1) is 19.6. The summed E-state index contributed by atoms with van der Waals surface area (Å²) in [4.78, 5) is 9.13. The lowest BCUT2D eigenvalue weighted by atomic mass is 9.75. The van der Waals surface area contributed by atoms with Crippen molar-refractivity contribution < 1.29 is 5.11 Å². The maximum atomic E-state index is 13.1. The van der Waals surface area contributed by atoms with Gasteiger partial charge in [-0.25, -0.2) is 4.98 Å². The molecule has 2 heterocycles. The van der Waals surface area contributed by atoms with E-state index in [-0.39, 0.29) is 0 Å². The molecule has 0 fully saturated rings. The number of rotatable bonds is 7. The molecule has 4 nitrogen and oxygen atoms in total. The van der Waals surface area contributed by atoms with Gasteiger partial charge in [-0.15, -0.1) is 0 Å². The van der Waals surface area contributed by atoms with Gasteiger partial charge in [0.25, 0.3) is 0 Å². The summed E-state index contributed by atoms with van der Waals surface area (Å²) in [5.41, 5.74) is 5.04. The van der Waals surface area contributed by atoms with Crippen LogP contribution in [-0.4, -0.2) is 19.6 Å². The van der Waals surface area contributed by atoms with E-state index in [2.05, 4.69) is 102 Å². The maximum Gasteiger partial charge on any atom is 0.158 e. The average Bonchev–Trinajstić information content (AvgIpc) is 3.52. The minimum atomic E-state index is -1.54. The van der Waals surface area contributed by atoms with Crippen molar-refractivity contribution in [1.29, 1.82) is 0 Å². The van der Waals surface area contributed by atoms with E-state index in [4.69, 9.17) is 4.98 Å². The lowest BCUT2D eigenvalue weighted by Gasteiger charge is -2.41. The Balaban J connectivity index is 1.77. The summed E-state index contributed by atoms with van der Waals surface area (Å²) in [7, 11) is 0. The highest BCUT2D eigenvalue weighted by Gasteiger charge is 2.46. The van der Waals surface area contributed by atoms with Gasteiger partial charge < -0.3 is 9.67 Å². The lowest BCUT2D eigenvalue weighted by molar-refractivity contribution is 0.112. The van der Waals surface area contributed by atoms with Crippen molar-refractivity contribution in [2.75, 3.05) is 0 Å². The highest BCUT2D eigenvalue weighted by molar-refractivity contribution is 5.55. The molecule has 2 aromatic heterocycles. The molecule has 40 heavy (non-hydrogen) atoms. The Hall–Kier alpha value is -4.80. The quantitative estimate of drug-likeness (QED) is 0.230. The number of benzene rings is 4. The Morgan fingerprint density at radius 2 is 1.12 bits per heavy atom. The first kappa shape index (κ1) is 25.5. The van der Waals surface area contributed by atoms with Gasteiger partial charge in [0.1, 0.15) is 5.54 Å². The molecule has 0 saturated heterocycles. The molecule has 1 N–H and O–H groups in total. The molecular weight excluding hydrogens is 490 g/mol. The Kier molecular flexibility index (Phi) is 6.63. The van der Waals surface area contributed by atoms with Crippen LogP contribution in [0.1, 0.15) is 44.6 Å². The fourth-order valence-corrected chi connectivity index (χ4v) is 5.95. The third-order valence-corrected chi connectivity index (χ3v) is 8.02. The fourth-order valence-electron chi connectivity index (χ4n) is 5.95. The van der Waals surface area contributed by atoms with Crippen LogP contribution in [0, 0.1) is 13.8 Å². The van der Waals surface area contributed by atoms with Crippen molar-refractivity contribution in [2.45, 2.75) is 25.0 Å². The average molecular weight is 522 g/mol. The predicted octanol–water partition coefficient (Wildman–Crippen LogP) is 7.02. The van der Waals surface area contributed by atoms with Crippen molar-refractivity contribution in [3.63, 3.8) is 0 Å². The zero-order chi connectivity index (χ0) is 27.6. The second kappa shape index (κ2) is 10.4. The number of aryl methyl sites for hydroxylation is 1. The van der Waals surface area contributed by atoms with Crippen LogP contribution in [0.3, 0.4) is 0 Å². The maximum absolute atomic E-state index is 13.1. The molecule has 4 aromatic carbocycles. The van der Waals surface area contributed by atoms with Gasteiger partial charge in [0.15, 0.2) is 5.60 Å². The Bertz CT molecular complexity index is 1620. The van der Waals surface area contributed by atoms with Crippen molar-refractivity contribution in [3.8, 4) is 0 Å². The zero-order valence-electron chi connectivity index (χ0n) is 22.6. The predicted molar refractivity (Wildman–Crippen MR) is 159 cm³/mol. The van der Waals surface area contributed by atoms with Gasteiger partial charge in [-0.05, 0) is 53.3 Å². The number of aromatic nitrogens is 3. The van der Waals surface area contributed by atoms with Crippen molar-refractivity contribution >= 4 is 0 Å². The van der Waals surface area contributed by atoms with E-state index in [0.29, 0.717) is 11.3 Å². The molecule has 0 aliphatic rings. The van der Waals surface area contributed by atoms with Gasteiger partial charge in [-0.1, -0.05) is 115 Å². The molecule has 6 aromatic rings. The van der Waals surface area contributed by atoms with Crippen LogP contribution >= 0.6 is 0 Å². The third-order valence-electron chi connectivity index (χ3n) is 8.02. The Morgan fingerprint density at radius 1 is 0.575 bits per heavy atom. The van der Waals surface area contributed by atoms with E-state index in [9.17, 15) is 5.11 Å². The highest BCUT2D eigenvalue weighted by atomic mass is 16.3. The number of imidazole rings is 1. The molecular formula is C36H31N3O. The number of aliphatic hydroxyl groups is 1. The summed E-state index contributed by atoms with van der Waals surface area (Å²) in [5, 5.41) is 13.1. The normalized spacial score (nSPS) is 13.1. The minimum Gasteiger partial charge on any atom is -0.374 e. The van der Waals surface area contributed by atoms with E-state index in [1.807, 2.05) is 48.8 Å². The van der Waals surface area contributed by atoms with Crippen molar-refractivity contribution in [2.24, 2.45) is 0 Å². The van der Waals surface area contributed by atoms with Crippen molar-refractivity contribution in [3.05, 3.63) is 191 Å². The van der Waals surface area contributed by atoms with E-state index >= 15 is 0 Å². The SMILES string of the molecule is Cc1cccc(C(O)(c2cccnc2)c2cncn2C(c2ccccc2)(c2ccccc2)c2ccccc2)c1C. The van der Waals surface area contributed by atoms with Gasteiger partial charge in [0.05, 0.1) is 18.2 Å². The van der Waals surface area contributed by atoms with E-state index in [0.717, 1.165) is 33.4 Å². The van der Waals surface area contributed by atoms with Crippen LogP contribution < -0.4 is 0 Å². The molecule has 0 amide bonds. The van der Waals surface area contributed by atoms with Crippen LogP contribution in [0.5, 0.6) is 0 Å². The standard InChI is InChI=1S/C36H31N3O/c1-27-14-12-22-33(28(27)2)36(40,32-21-13-23-37-24-32)34-25-38-26-39(34)35(29-15-6-3-7-16-29,30-17-8-4-9-18-30)31-19-10-5-11-20-31/h3-26,40H,1-2H3. The number of pyridine rings is 1. The molecule has 0 aliphatic heterocycles. The largest absolute Gasteiger partial charge is 0.374 e. The first-order valence-electron chi connectivity index (χ1n) is 13.5. The number of hydrogen-bond acceptors (Lipinski definition) is 3. The molecule has 1 unspecified atom stereocenters. The van der Waals surface area contributed by atoms with Crippen LogP contribution in [0.15, 0.2) is 146 Å². The molecule has 4 heteroatoms. The summed E-state index contributed by atoms with van der Waals surface area (Å²) in [6.07, 6.45) is 7.11. The molecule has 0 bridgehead atoms. The smallest absolute Gasteiger partial charge is 0.158 e. The van der Waals surface area contributed by atoms with Gasteiger partial charge in [0.2, 0.25) is 0 Å². The number of hydrogen-bond donors (Lipinski definition) is 1. The molecule has 0 saturated carbocycles. The zero-order valence-corrected chi connectivity index (χ0v) is 22.6. The third kappa shape index (κ3) is 3.96. The molecule has 0 spiro atoms. The van der Waals surface area contributed by atoms with Gasteiger partial charge in [-0.2, -0.15) is 0 Å². The van der Waals surface area contributed by atoms with E-state index in [1.54, 1.807) is 18.6 Å². The van der Waals surface area contributed by atoms with Crippen LogP contribution in [0.2, 0.25) is 0 Å². The van der Waals surface area contributed by atoms with Gasteiger partial charge in [0, 0.05) is 18.0 Å². The molecule has 0 aliphatic carbocycles. The Labute approximate surface area is 235 Å². The molecule has 0 radical (unpaired) electrons. The van der Waals surface area contributed by atoms with Gasteiger partial charge >= 0.3 is 0 Å². The molecule has 1 atom stereocenters. The minimum absolute atomic E-state index is 0.644. The summed E-state index contributed by atoms with van der Waals surface area (Å²) in [6.45, 7) is 4.13. The first-order valence-corrected chi connectivity index (χ1v) is 13.5. The summed E-state index contributed by atoms with van der Waals surface area (Å²) < 4.78 is 2.14. The second-order valence-corrected chi connectivity index (χ2v) is 10.2. The summed E-state index contributed by atoms with van der Waals surface area (Å²) in [6, 6.07) is 41.2. The van der Waals surface area contributed by atoms with Crippen LogP contribution in [-0.2, 0) is 11.1 Å². The number of nitrogens with zero attached hydrogens (tertiary/aromatic N) is 3.